The first-order chi connectivity index (χ1) is 16.2. The number of ether oxygens (including phenoxy) is 1. The lowest BCUT2D eigenvalue weighted by atomic mass is 10.0. The number of halogens is 2. The van der Waals surface area contributed by atoms with Crippen LogP contribution in [0.5, 0.6) is 5.75 Å². The Morgan fingerprint density at radius 2 is 1.94 bits per heavy atom. The summed E-state index contributed by atoms with van der Waals surface area (Å²) in [5.41, 5.74) is 3.77. The maximum Gasteiger partial charge on any atom is 0.227 e. The van der Waals surface area contributed by atoms with Crippen LogP contribution < -0.4 is 20.3 Å². The number of anilines is 3. The molecule has 6 nitrogen and oxygen atoms in total. The van der Waals surface area contributed by atoms with E-state index < -0.39 is 17.2 Å². The molecule has 0 aliphatic carbocycles. The summed E-state index contributed by atoms with van der Waals surface area (Å²) in [6, 6.07) is 9.23. The van der Waals surface area contributed by atoms with Crippen molar-refractivity contribution in [3.63, 3.8) is 0 Å². The average molecular weight is 466 g/mol. The topological polar surface area (TPSA) is 62.3 Å². The van der Waals surface area contributed by atoms with E-state index in [9.17, 15) is 4.39 Å². The van der Waals surface area contributed by atoms with Crippen LogP contribution in [0.4, 0.5) is 26.1 Å². The summed E-state index contributed by atoms with van der Waals surface area (Å²) in [4.78, 5) is 10.6. The Bertz CT molecular complexity index is 1240. The van der Waals surface area contributed by atoms with Crippen molar-refractivity contribution in [2.75, 3.05) is 23.3 Å². The van der Waals surface area contributed by atoms with E-state index in [2.05, 4.69) is 31.6 Å². The third-order valence-electron chi connectivity index (χ3n) is 6.25. The molecule has 8 heteroatoms. The predicted octanol–water partition coefficient (Wildman–Crippen LogP) is 5.20. The van der Waals surface area contributed by atoms with Crippen LogP contribution in [-0.2, 0) is 13.0 Å². The minimum Gasteiger partial charge on any atom is -0.481 e. The zero-order valence-electron chi connectivity index (χ0n) is 19.9. The molecule has 5 rings (SSSR count). The van der Waals surface area contributed by atoms with E-state index >= 15 is 4.39 Å². The number of nitrogens with zero attached hydrogens (tertiary/aromatic N) is 3. The first kappa shape index (κ1) is 22.5. The molecule has 0 amide bonds. The molecule has 2 aliphatic rings. The van der Waals surface area contributed by atoms with Crippen LogP contribution in [0.3, 0.4) is 0 Å². The molecule has 0 unspecified atom stereocenters. The fourth-order valence-corrected chi connectivity index (χ4v) is 4.61. The van der Waals surface area contributed by atoms with E-state index in [0.29, 0.717) is 17.8 Å². The molecule has 0 saturated carbocycles. The molecular weight excluding hydrogens is 436 g/mol. The summed E-state index contributed by atoms with van der Waals surface area (Å²) < 4.78 is 36.0. The molecule has 2 aromatic carbocycles. The molecule has 0 spiro atoms. The second-order valence-electron chi connectivity index (χ2n) is 9.82. The van der Waals surface area contributed by atoms with E-state index in [1.807, 2.05) is 39.8 Å². The van der Waals surface area contributed by atoms with Gasteiger partial charge in [-0.3, -0.25) is 0 Å². The average Bonchev–Trinajstić information content (AvgIpc) is 2.80. The monoisotopic (exact) mass is 465 g/mol. The van der Waals surface area contributed by atoms with Gasteiger partial charge in [-0.25, -0.2) is 18.7 Å². The van der Waals surface area contributed by atoms with Crippen molar-refractivity contribution in [3.8, 4) is 17.0 Å². The zero-order chi connectivity index (χ0) is 24.0. The highest BCUT2D eigenvalue weighted by Crippen LogP contribution is 2.43. The van der Waals surface area contributed by atoms with Crippen molar-refractivity contribution in [3.05, 3.63) is 59.3 Å². The highest BCUT2D eigenvalue weighted by Gasteiger charge is 2.35. The van der Waals surface area contributed by atoms with Crippen molar-refractivity contribution in [2.24, 2.45) is 0 Å². The van der Waals surface area contributed by atoms with Gasteiger partial charge in [0, 0.05) is 23.8 Å². The minimum atomic E-state index is -0.618. The Kier molecular flexibility index (Phi) is 5.64. The molecule has 0 radical (unpaired) electrons. The van der Waals surface area contributed by atoms with Crippen molar-refractivity contribution >= 4 is 17.3 Å². The van der Waals surface area contributed by atoms with E-state index in [-0.39, 0.29) is 23.4 Å². The second kappa shape index (κ2) is 8.51. The van der Waals surface area contributed by atoms with Crippen LogP contribution in [-0.4, -0.2) is 34.7 Å². The van der Waals surface area contributed by atoms with E-state index in [1.165, 1.54) is 17.2 Å². The Morgan fingerprint density at radius 3 is 2.74 bits per heavy atom. The van der Waals surface area contributed by atoms with E-state index in [0.717, 1.165) is 31.4 Å². The van der Waals surface area contributed by atoms with Crippen LogP contribution in [0.15, 0.2) is 36.5 Å². The summed E-state index contributed by atoms with van der Waals surface area (Å²) in [7, 11) is 0. The van der Waals surface area contributed by atoms with E-state index in [1.54, 1.807) is 6.07 Å². The molecule has 34 heavy (non-hydrogen) atoms. The normalized spacial score (nSPS) is 16.6. The molecule has 0 fully saturated rings. The summed E-state index contributed by atoms with van der Waals surface area (Å²) in [6.45, 7) is 10.3. The van der Waals surface area contributed by atoms with Gasteiger partial charge in [0.15, 0.2) is 17.4 Å². The number of nitrogens with one attached hydrogen (secondary N) is 2. The van der Waals surface area contributed by atoms with Crippen LogP contribution in [0.2, 0.25) is 0 Å². The van der Waals surface area contributed by atoms with Crippen molar-refractivity contribution in [1.82, 2.24) is 15.3 Å². The molecule has 0 bridgehead atoms. The quantitative estimate of drug-likeness (QED) is 0.553. The van der Waals surface area contributed by atoms with Crippen LogP contribution in [0.25, 0.3) is 11.3 Å². The molecule has 0 atom stereocenters. The highest BCUT2D eigenvalue weighted by molar-refractivity contribution is 5.73. The predicted molar refractivity (Wildman–Crippen MR) is 130 cm³/mol. The molecule has 2 aliphatic heterocycles. The summed E-state index contributed by atoms with van der Waals surface area (Å²) in [6.07, 6.45) is 2.10. The summed E-state index contributed by atoms with van der Waals surface area (Å²) in [5.74, 6) is -0.728. The molecular formula is C26H29F2N5O. The highest BCUT2D eigenvalue weighted by atomic mass is 19.1. The number of hydrogen-bond acceptors (Lipinski definition) is 6. The second-order valence-corrected chi connectivity index (χ2v) is 9.82. The van der Waals surface area contributed by atoms with Crippen LogP contribution in [0, 0.1) is 11.6 Å². The first-order valence-electron chi connectivity index (χ1n) is 11.6. The SMILES string of the molecule is CC(C)N1CC(C)(C)Oc2c(F)cc(-c3nc(Nc4ccc5c(c4)CNCC5)ncc3F)cc21. The van der Waals surface area contributed by atoms with Crippen LogP contribution >= 0.6 is 0 Å². The number of benzene rings is 2. The Hall–Kier alpha value is -3.26. The lowest BCUT2D eigenvalue weighted by Crippen LogP contribution is -2.49. The lowest BCUT2D eigenvalue weighted by Gasteiger charge is -2.43. The summed E-state index contributed by atoms with van der Waals surface area (Å²) >= 11 is 0. The van der Waals surface area contributed by atoms with Gasteiger partial charge in [-0.05, 0) is 76.1 Å². The summed E-state index contributed by atoms with van der Waals surface area (Å²) in [5, 5.41) is 6.52. The van der Waals surface area contributed by atoms with Gasteiger partial charge >= 0.3 is 0 Å². The molecule has 178 valence electrons. The maximum absolute atomic E-state index is 15.2. The van der Waals surface area contributed by atoms with Gasteiger partial charge in [-0.1, -0.05) is 6.07 Å². The number of rotatable bonds is 4. The number of hydrogen-bond donors (Lipinski definition) is 2. The first-order valence-corrected chi connectivity index (χ1v) is 11.6. The third kappa shape index (κ3) is 4.30. The van der Waals surface area contributed by atoms with Gasteiger partial charge < -0.3 is 20.3 Å². The fraction of sp³-hybridized carbons (Fsp3) is 0.385. The number of aromatic nitrogens is 2. The maximum atomic E-state index is 15.2. The fourth-order valence-electron chi connectivity index (χ4n) is 4.61. The number of fused-ring (bicyclic) bond motifs is 2. The van der Waals surface area contributed by atoms with Gasteiger partial charge in [-0.2, -0.15) is 0 Å². The lowest BCUT2D eigenvalue weighted by molar-refractivity contribution is 0.0967. The Morgan fingerprint density at radius 1 is 1.12 bits per heavy atom. The van der Waals surface area contributed by atoms with Gasteiger partial charge in [0.25, 0.3) is 0 Å². The van der Waals surface area contributed by atoms with Gasteiger partial charge in [0.1, 0.15) is 11.3 Å². The van der Waals surface area contributed by atoms with E-state index in [4.69, 9.17) is 4.74 Å². The van der Waals surface area contributed by atoms with Gasteiger partial charge in [0.05, 0.1) is 18.4 Å². The standard InChI is InChI=1S/C26H29F2N5O/c1-15(2)33-14-26(3,4)34-24-20(27)10-17(11-22(24)33)23-21(28)13-30-25(32-23)31-19-6-5-16-7-8-29-12-18(16)9-19/h5-6,9-11,13,15,29H,7-8,12,14H2,1-4H3,(H,30,31,32). The van der Waals surface area contributed by atoms with Gasteiger partial charge in [0.2, 0.25) is 5.95 Å². The van der Waals surface area contributed by atoms with Gasteiger partial charge in [-0.15, -0.1) is 0 Å². The van der Waals surface area contributed by atoms with Crippen molar-refractivity contribution in [2.45, 2.75) is 52.3 Å². The molecule has 1 aromatic heterocycles. The molecule has 0 saturated heterocycles. The Labute approximate surface area is 198 Å². The smallest absolute Gasteiger partial charge is 0.227 e. The molecule has 3 heterocycles. The minimum absolute atomic E-state index is 0.0346. The van der Waals surface area contributed by atoms with Crippen molar-refractivity contribution in [1.29, 1.82) is 0 Å². The Balaban J connectivity index is 1.51. The van der Waals surface area contributed by atoms with Crippen LogP contribution in [0.1, 0.15) is 38.8 Å². The third-order valence-corrected chi connectivity index (χ3v) is 6.25. The molecule has 2 N–H and O–H groups in total. The molecule has 3 aromatic rings. The van der Waals surface area contributed by atoms with Crippen molar-refractivity contribution < 1.29 is 13.5 Å². The zero-order valence-corrected chi connectivity index (χ0v) is 19.9. The largest absolute Gasteiger partial charge is 0.481 e.